The molecule has 0 amide bonds. The van der Waals surface area contributed by atoms with E-state index in [1.807, 2.05) is 0 Å². The van der Waals surface area contributed by atoms with Gasteiger partial charge in [0.05, 0.1) is 0 Å². The molecule has 2 N–H and O–H groups in total. The fourth-order valence-electron chi connectivity index (χ4n) is 2.67. The average Bonchev–Trinajstić information content (AvgIpc) is 2.65. The summed E-state index contributed by atoms with van der Waals surface area (Å²) in [6.07, 6.45) is 2.19. The van der Waals surface area contributed by atoms with Crippen molar-refractivity contribution in [3.05, 3.63) is 28.8 Å². The molecule has 16 heavy (non-hydrogen) atoms. The number of anilines is 1. The molecule has 88 valence electrons. The molecule has 0 bridgehead atoms. The number of nitrogens with two attached hydrogens (primary N) is 1. The molecular formula is C14H22N2. The fourth-order valence-corrected chi connectivity index (χ4v) is 2.67. The first kappa shape index (κ1) is 11.5. The van der Waals surface area contributed by atoms with Gasteiger partial charge >= 0.3 is 0 Å². The molecule has 1 atom stereocenters. The number of nitrogens with zero attached hydrogens (tertiary/aromatic N) is 1. The van der Waals surface area contributed by atoms with E-state index < -0.39 is 0 Å². The highest BCUT2D eigenvalue weighted by molar-refractivity contribution is 5.62. The molecule has 1 aromatic rings. The van der Waals surface area contributed by atoms with Crippen molar-refractivity contribution in [3.8, 4) is 0 Å². The highest BCUT2D eigenvalue weighted by Gasteiger charge is 2.20. The van der Waals surface area contributed by atoms with Gasteiger partial charge in [-0.1, -0.05) is 6.07 Å². The lowest BCUT2D eigenvalue weighted by atomic mass is 9.96. The summed E-state index contributed by atoms with van der Waals surface area (Å²) in [7, 11) is 0. The minimum atomic E-state index is 0.250. The van der Waals surface area contributed by atoms with Crippen LogP contribution in [-0.2, 0) is 12.8 Å². The van der Waals surface area contributed by atoms with Gasteiger partial charge in [0, 0.05) is 24.8 Å². The Bertz CT molecular complexity index is 383. The molecule has 0 fully saturated rings. The van der Waals surface area contributed by atoms with E-state index in [0.717, 1.165) is 13.0 Å². The maximum absolute atomic E-state index is 5.88. The number of likely N-dealkylation sites (N-methyl/N-ethyl adjacent to an activating group) is 1. The van der Waals surface area contributed by atoms with Gasteiger partial charge in [0.1, 0.15) is 0 Å². The Kier molecular flexibility index (Phi) is 3.20. The first-order valence-corrected chi connectivity index (χ1v) is 6.25. The third-order valence-electron chi connectivity index (χ3n) is 3.58. The van der Waals surface area contributed by atoms with E-state index in [0.29, 0.717) is 0 Å². The molecule has 0 saturated heterocycles. The van der Waals surface area contributed by atoms with Gasteiger partial charge in [-0.05, 0) is 56.4 Å². The van der Waals surface area contributed by atoms with Crippen LogP contribution in [0.5, 0.6) is 0 Å². The van der Waals surface area contributed by atoms with Crippen LogP contribution in [0.1, 0.15) is 30.5 Å². The topological polar surface area (TPSA) is 29.3 Å². The maximum Gasteiger partial charge on any atom is 0.0402 e. The summed E-state index contributed by atoms with van der Waals surface area (Å²) < 4.78 is 0. The second kappa shape index (κ2) is 4.46. The van der Waals surface area contributed by atoms with E-state index in [1.165, 1.54) is 29.8 Å². The molecule has 2 rings (SSSR count). The van der Waals surface area contributed by atoms with Crippen LogP contribution in [0.3, 0.4) is 0 Å². The molecule has 0 aliphatic carbocycles. The zero-order chi connectivity index (χ0) is 11.7. The van der Waals surface area contributed by atoms with Gasteiger partial charge < -0.3 is 10.6 Å². The number of benzene rings is 1. The van der Waals surface area contributed by atoms with Crippen molar-refractivity contribution >= 4 is 5.69 Å². The van der Waals surface area contributed by atoms with E-state index in [1.54, 1.807) is 5.56 Å². The second-order valence-corrected chi connectivity index (χ2v) is 4.86. The molecule has 0 aromatic heterocycles. The van der Waals surface area contributed by atoms with Crippen LogP contribution < -0.4 is 10.6 Å². The van der Waals surface area contributed by atoms with Crippen molar-refractivity contribution in [1.82, 2.24) is 0 Å². The van der Waals surface area contributed by atoms with Gasteiger partial charge in [0.25, 0.3) is 0 Å². The number of fused-ring (bicyclic) bond motifs is 1. The molecule has 0 radical (unpaired) electrons. The van der Waals surface area contributed by atoms with Crippen molar-refractivity contribution in [3.63, 3.8) is 0 Å². The highest BCUT2D eigenvalue weighted by atomic mass is 15.1. The summed E-state index contributed by atoms with van der Waals surface area (Å²) in [4.78, 5) is 2.46. The second-order valence-electron chi connectivity index (χ2n) is 4.86. The summed E-state index contributed by atoms with van der Waals surface area (Å²) in [5.74, 6) is 0. The van der Waals surface area contributed by atoms with Crippen LogP contribution in [0.2, 0.25) is 0 Å². The third kappa shape index (κ3) is 1.94. The summed E-state index contributed by atoms with van der Waals surface area (Å²) in [5.41, 5.74) is 11.7. The molecule has 0 unspecified atom stereocenters. The maximum atomic E-state index is 5.88. The summed E-state index contributed by atoms with van der Waals surface area (Å²) in [6.45, 7) is 8.83. The molecule has 1 heterocycles. The lowest BCUT2D eigenvalue weighted by Gasteiger charge is -2.18. The Morgan fingerprint density at radius 3 is 2.81 bits per heavy atom. The zero-order valence-corrected chi connectivity index (χ0v) is 10.6. The van der Waals surface area contributed by atoms with Crippen molar-refractivity contribution < 1.29 is 0 Å². The Hall–Kier alpha value is -1.02. The molecule has 2 nitrogen and oxygen atoms in total. The van der Waals surface area contributed by atoms with Crippen molar-refractivity contribution in [2.24, 2.45) is 5.73 Å². The van der Waals surface area contributed by atoms with Crippen molar-refractivity contribution in [2.45, 2.75) is 39.7 Å². The van der Waals surface area contributed by atoms with Gasteiger partial charge in [0.2, 0.25) is 0 Å². The normalized spacial score (nSPS) is 16.4. The minimum absolute atomic E-state index is 0.250. The highest BCUT2D eigenvalue weighted by Crippen LogP contribution is 2.32. The molecule has 0 spiro atoms. The zero-order valence-electron chi connectivity index (χ0n) is 10.6. The monoisotopic (exact) mass is 218 g/mol. The van der Waals surface area contributed by atoms with Crippen LogP contribution in [-0.4, -0.2) is 19.1 Å². The van der Waals surface area contributed by atoms with Crippen LogP contribution in [0.25, 0.3) is 0 Å². The number of hydrogen-bond donors (Lipinski definition) is 1. The quantitative estimate of drug-likeness (QED) is 0.843. The van der Waals surface area contributed by atoms with Crippen LogP contribution in [0, 0.1) is 6.92 Å². The van der Waals surface area contributed by atoms with Gasteiger partial charge in [-0.2, -0.15) is 0 Å². The predicted octanol–water partition coefficient (Wildman–Crippen LogP) is 2.27. The SMILES string of the molecule is CCN1CCc2c1ccc(C[C@H](C)N)c2C. The van der Waals surface area contributed by atoms with Gasteiger partial charge in [-0.25, -0.2) is 0 Å². The smallest absolute Gasteiger partial charge is 0.0402 e. The lowest BCUT2D eigenvalue weighted by molar-refractivity contribution is 0.734. The van der Waals surface area contributed by atoms with E-state index in [-0.39, 0.29) is 6.04 Å². The lowest BCUT2D eigenvalue weighted by Crippen LogP contribution is -2.19. The van der Waals surface area contributed by atoms with Crippen LogP contribution in [0.4, 0.5) is 5.69 Å². The predicted molar refractivity (Wildman–Crippen MR) is 70.1 cm³/mol. The van der Waals surface area contributed by atoms with Crippen molar-refractivity contribution in [1.29, 1.82) is 0 Å². The average molecular weight is 218 g/mol. The Morgan fingerprint density at radius 2 is 2.19 bits per heavy atom. The molecular weight excluding hydrogens is 196 g/mol. The molecule has 2 heteroatoms. The molecule has 1 aliphatic heterocycles. The van der Waals surface area contributed by atoms with Crippen LogP contribution in [0.15, 0.2) is 12.1 Å². The fraction of sp³-hybridized carbons (Fsp3) is 0.571. The number of rotatable bonds is 3. The molecule has 0 saturated carbocycles. The van der Waals surface area contributed by atoms with Crippen LogP contribution >= 0.6 is 0 Å². The summed E-state index contributed by atoms with van der Waals surface area (Å²) in [5, 5.41) is 0. The van der Waals surface area contributed by atoms with E-state index in [2.05, 4.69) is 37.8 Å². The van der Waals surface area contributed by atoms with E-state index >= 15 is 0 Å². The Morgan fingerprint density at radius 1 is 1.44 bits per heavy atom. The van der Waals surface area contributed by atoms with Crippen molar-refractivity contribution in [2.75, 3.05) is 18.0 Å². The Labute approximate surface area is 98.4 Å². The summed E-state index contributed by atoms with van der Waals surface area (Å²) in [6, 6.07) is 4.78. The molecule has 1 aliphatic rings. The van der Waals surface area contributed by atoms with Gasteiger partial charge in [-0.15, -0.1) is 0 Å². The van der Waals surface area contributed by atoms with Gasteiger partial charge in [0.15, 0.2) is 0 Å². The van der Waals surface area contributed by atoms with Gasteiger partial charge in [-0.3, -0.25) is 0 Å². The Balaban J connectivity index is 2.34. The van der Waals surface area contributed by atoms with E-state index in [4.69, 9.17) is 5.73 Å². The summed E-state index contributed by atoms with van der Waals surface area (Å²) >= 11 is 0. The first-order chi connectivity index (χ1) is 7.63. The third-order valence-corrected chi connectivity index (χ3v) is 3.58. The largest absolute Gasteiger partial charge is 0.371 e. The number of hydrogen-bond acceptors (Lipinski definition) is 2. The minimum Gasteiger partial charge on any atom is -0.371 e. The van der Waals surface area contributed by atoms with E-state index in [9.17, 15) is 0 Å². The molecule has 1 aromatic carbocycles. The first-order valence-electron chi connectivity index (χ1n) is 6.25. The standard InChI is InChI=1S/C14H22N2/c1-4-16-8-7-13-11(3)12(9-10(2)15)5-6-14(13)16/h5-6,10H,4,7-9,15H2,1-3H3/t10-/m0/s1.